The number of amides is 1. The number of halogens is 3. The zero-order valence-corrected chi connectivity index (χ0v) is 15.1. The number of furan rings is 1. The minimum atomic E-state index is -4.59. The highest BCUT2D eigenvalue weighted by Crippen LogP contribution is 2.33. The Kier molecular flexibility index (Phi) is 4.65. The third kappa shape index (κ3) is 3.62. The van der Waals surface area contributed by atoms with E-state index in [4.69, 9.17) is 13.9 Å². The molecule has 0 unspecified atom stereocenters. The van der Waals surface area contributed by atoms with Gasteiger partial charge in [0, 0.05) is 19.2 Å². The molecule has 1 aromatic carbocycles. The third-order valence-electron chi connectivity index (χ3n) is 4.37. The van der Waals surface area contributed by atoms with Crippen LogP contribution in [0, 0.1) is 0 Å². The van der Waals surface area contributed by atoms with Gasteiger partial charge in [0.2, 0.25) is 5.82 Å². The van der Waals surface area contributed by atoms with Crippen molar-refractivity contribution in [2.24, 2.45) is 0 Å². The van der Waals surface area contributed by atoms with Crippen molar-refractivity contribution in [3.8, 4) is 17.4 Å². The Bertz CT molecular complexity index is 1040. The number of carbonyl (C=O) groups excluding carboxylic acids is 1. The minimum absolute atomic E-state index is 0.00101. The molecule has 0 radical (unpaired) electrons. The van der Waals surface area contributed by atoms with Crippen LogP contribution in [0.3, 0.4) is 0 Å². The maximum atomic E-state index is 12.9. The van der Waals surface area contributed by atoms with E-state index in [2.05, 4.69) is 10.2 Å². The Morgan fingerprint density at radius 2 is 1.86 bits per heavy atom. The molecule has 4 rings (SSSR count). The maximum absolute atomic E-state index is 12.9. The van der Waals surface area contributed by atoms with Crippen LogP contribution in [0.5, 0.6) is 17.4 Å². The molecule has 11 heteroatoms. The second kappa shape index (κ2) is 7.15. The molecule has 0 saturated heterocycles. The Labute approximate surface area is 162 Å². The van der Waals surface area contributed by atoms with Crippen LogP contribution in [-0.2, 0) is 19.3 Å². The zero-order valence-electron chi connectivity index (χ0n) is 15.1. The van der Waals surface area contributed by atoms with Crippen LogP contribution in [0.4, 0.5) is 13.2 Å². The van der Waals surface area contributed by atoms with E-state index in [1.807, 2.05) is 0 Å². The molecule has 152 valence electrons. The van der Waals surface area contributed by atoms with Crippen molar-refractivity contribution in [1.82, 2.24) is 19.7 Å². The summed E-state index contributed by atoms with van der Waals surface area (Å²) in [4.78, 5) is 14.0. The Morgan fingerprint density at radius 1 is 1.10 bits per heavy atom. The van der Waals surface area contributed by atoms with Gasteiger partial charge in [0.15, 0.2) is 23.1 Å². The highest BCUT2D eigenvalue weighted by molar-refractivity contribution is 5.91. The molecule has 29 heavy (non-hydrogen) atoms. The van der Waals surface area contributed by atoms with E-state index in [1.165, 1.54) is 24.1 Å². The van der Waals surface area contributed by atoms with E-state index in [-0.39, 0.29) is 37.2 Å². The van der Waals surface area contributed by atoms with Crippen LogP contribution in [0.2, 0.25) is 0 Å². The second-order valence-electron chi connectivity index (χ2n) is 6.19. The molecule has 3 heterocycles. The summed E-state index contributed by atoms with van der Waals surface area (Å²) in [7, 11) is 1.50. The number of hydrogen-bond donors (Lipinski definition) is 0. The summed E-state index contributed by atoms with van der Waals surface area (Å²) < 4.78 is 56.0. The molecule has 1 aliphatic rings. The average molecular weight is 408 g/mol. The molecule has 0 spiro atoms. The summed E-state index contributed by atoms with van der Waals surface area (Å²) in [6.07, 6.45) is -4.59. The Morgan fingerprint density at radius 3 is 2.59 bits per heavy atom. The van der Waals surface area contributed by atoms with Crippen molar-refractivity contribution < 1.29 is 31.9 Å². The second-order valence-corrected chi connectivity index (χ2v) is 6.19. The van der Waals surface area contributed by atoms with Crippen LogP contribution in [0.1, 0.15) is 22.2 Å². The third-order valence-corrected chi connectivity index (χ3v) is 4.37. The standard InChI is InChI=1S/C18H15F3N4O4/c1-27-11-4-2-3-5-12(11)28-15-7-6-13(29-15)16(26)24-8-9-25-14(10-24)22-23-17(25)18(19,20)21/h2-7H,8-10H2,1H3. The monoisotopic (exact) mass is 408 g/mol. The van der Waals surface area contributed by atoms with Gasteiger partial charge in [-0.1, -0.05) is 12.1 Å². The van der Waals surface area contributed by atoms with Gasteiger partial charge in [-0.05, 0) is 18.2 Å². The van der Waals surface area contributed by atoms with Gasteiger partial charge < -0.3 is 23.4 Å². The molecule has 1 amide bonds. The fraction of sp³-hybridized carbons (Fsp3) is 0.278. The SMILES string of the molecule is COc1ccccc1Oc1ccc(C(=O)N2CCn3c(nnc3C(F)(F)F)C2)o1. The lowest BCUT2D eigenvalue weighted by Crippen LogP contribution is -2.39. The van der Waals surface area contributed by atoms with E-state index in [1.54, 1.807) is 24.3 Å². The van der Waals surface area contributed by atoms with Crippen molar-refractivity contribution in [3.05, 3.63) is 53.8 Å². The van der Waals surface area contributed by atoms with Gasteiger partial charge >= 0.3 is 6.18 Å². The van der Waals surface area contributed by atoms with Crippen molar-refractivity contribution in [3.63, 3.8) is 0 Å². The van der Waals surface area contributed by atoms with Crippen LogP contribution in [-0.4, -0.2) is 39.2 Å². The normalized spacial score (nSPS) is 13.9. The van der Waals surface area contributed by atoms with Crippen LogP contribution < -0.4 is 9.47 Å². The molecule has 2 aromatic heterocycles. The number of ether oxygens (including phenoxy) is 2. The molecule has 0 aliphatic carbocycles. The number of carbonyl (C=O) groups is 1. The van der Waals surface area contributed by atoms with Gasteiger partial charge in [0.25, 0.3) is 11.9 Å². The smallest absolute Gasteiger partial charge is 0.451 e. The van der Waals surface area contributed by atoms with Crippen molar-refractivity contribution in [2.45, 2.75) is 19.3 Å². The summed E-state index contributed by atoms with van der Waals surface area (Å²) in [6, 6.07) is 9.84. The first-order valence-corrected chi connectivity index (χ1v) is 8.56. The van der Waals surface area contributed by atoms with Gasteiger partial charge in [0.05, 0.1) is 13.7 Å². The van der Waals surface area contributed by atoms with Crippen molar-refractivity contribution in [1.29, 1.82) is 0 Å². The molecular formula is C18H15F3N4O4. The molecule has 0 saturated carbocycles. The Hall–Kier alpha value is -3.50. The molecular weight excluding hydrogens is 393 g/mol. The van der Waals surface area contributed by atoms with Gasteiger partial charge in [-0.15, -0.1) is 10.2 Å². The van der Waals surface area contributed by atoms with Gasteiger partial charge in [0.1, 0.15) is 0 Å². The van der Waals surface area contributed by atoms with Gasteiger partial charge in [-0.25, -0.2) is 0 Å². The average Bonchev–Trinajstić information content (AvgIpc) is 3.34. The Balaban J connectivity index is 1.48. The maximum Gasteiger partial charge on any atom is 0.451 e. The number of fused-ring (bicyclic) bond motifs is 1. The summed E-state index contributed by atoms with van der Waals surface area (Å²) in [6.45, 7) is -0.101. The number of hydrogen-bond acceptors (Lipinski definition) is 6. The lowest BCUT2D eigenvalue weighted by molar-refractivity contribution is -0.147. The number of nitrogens with zero attached hydrogens (tertiary/aromatic N) is 4. The first kappa shape index (κ1) is 18.8. The molecule has 0 N–H and O–H groups in total. The number of para-hydroxylation sites is 2. The molecule has 0 fully saturated rings. The number of aromatic nitrogens is 3. The van der Waals surface area contributed by atoms with Gasteiger partial charge in [-0.2, -0.15) is 13.2 Å². The highest BCUT2D eigenvalue weighted by atomic mass is 19.4. The molecule has 0 bridgehead atoms. The minimum Gasteiger partial charge on any atom is -0.493 e. The lowest BCUT2D eigenvalue weighted by Gasteiger charge is -2.27. The first-order chi connectivity index (χ1) is 13.9. The fourth-order valence-electron chi connectivity index (χ4n) is 3.00. The number of benzene rings is 1. The predicted molar refractivity (Wildman–Crippen MR) is 91.5 cm³/mol. The molecule has 8 nitrogen and oxygen atoms in total. The molecule has 3 aromatic rings. The predicted octanol–water partition coefficient (Wildman–Crippen LogP) is 3.35. The van der Waals surface area contributed by atoms with E-state index < -0.39 is 17.9 Å². The quantitative estimate of drug-likeness (QED) is 0.659. The summed E-state index contributed by atoms with van der Waals surface area (Å²) in [5, 5.41) is 6.76. The van der Waals surface area contributed by atoms with Crippen LogP contribution in [0.25, 0.3) is 0 Å². The van der Waals surface area contributed by atoms with Crippen molar-refractivity contribution >= 4 is 5.91 Å². The van der Waals surface area contributed by atoms with E-state index >= 15 is 0 Å². The number of alkyl halides is 3. The zero-order chi connectivity index (χ0) is 20.6. The summed E-state index contributed by atoms with van der Waals surface area (Å²) >= 11 is 0. The molecule has 0 atom stereocenters. The van der Waals surface area contributed by atoms with Crippen molar-refractivity contribution in [2.75, 3.05) is 13.7 Å². The highest BCUT2D eigenvalue weighted by Gasteiger charge is 2.40. The van der Waals surface area contributed by atoms with E-state index in [0.717, 1.165) is 4.57 Å². The van der Waals surface area contributed by atoms with E-state index in [0.29, 0.717) is 11.5 Å². The first-order valence-electron chi connectivity index (χ1n) is 8.56. The van der Waals surface area contributed by atoms with Crippen LogP contribution >= 0.6 is 0 Å². The van der Waals surface area contributed by atoms with Gasteiger partial charge in [-0.3, -0.25) is 4.79 Å². The summed E-state index contributed by atoms with van der Waals surface area (Å²) in [5.74, 6) is -0.500. The fourth-order valence-corrected chi connectivity index (χ4v) is 3.00. The largest absolute Gasteiger partial charge is 0.493 e. The van der Waals surface area contributed by atoms with Crippen LogP contribution in [0.15, 0.2) is 40.8 Å². The molecule has 1 aliphatic heterocycles. The van der Waals surface area contributed by atoms with E-state index in [9.17, 15) is 18.0 Å². The lowest BCUT2D eigenvalue weighted by atomic mass is 10.3. The topological polar surface area (TPSA) is 82.6 Å². The number of methoxy groups -OCH3 is 1. The number of rotatable bonds is 4. The summed E-state index contributed by atoms with van der Waals surface area (Å²) in [5.41, 5.74) is 0.